The van der Waals surface area contributed by atoms with Crippen LogP contribution in [0.4, 0.5) is 17.5 Å². The number of carbonyl (C=O) groups excluding carboxylic acids is 1. The number of amides is 1. The van der Waals surface area contributed by atoms with Crippen molar-refractivity contribution in [3.63, 3.8) is 0 Å². The minimum absolute atomic E-state index is 0.0131. The first kappa shape index (κ1) is 26.1. The van der Waals surface area contributed by atoms with Crippen molar-refractivity contribution in [2.75, 3.05) is 51.1 Å². The van der Waals surface area contributed by atoms with Crippen LogP contribution in [0.15, 0.2) is 36.7 Å². The van der Waals surface area contributed by atoms with Crippen LogP contribution in [0.3, 0.4) is 0 Å². The topological polar surface area (TPSA) is 122 Å². The van der Waals surface area contributed by atoms with E-state index in [0.29, 0.717) is 53.3 Å². The Labute approximate surface area is 226 Å². The third-order valence-electron chi connectivity index (χ3n) is 7.31. The molecule has 4 heterocycles. The number of hydrogen-bond donors (Lipinski definition) is 3. The molecule has 1 atom stereocenters. The average molecular weight is 539 g/mol. The summed E-state index contributed by atoms with van der Waals surface area (Å²) < 4.78 is 11.0. The molecule has 1 unspecified atom stereocenters. The number of halogens is 1. The zero-order valence-electron chi connectivity index (χ0n) is 21.6. The van der Waals surface area contributed by atoms with Crippen LogP contribution in [-0.2, 0) is 10.2 Å². The van der Waals surface area contributed by atoms with E-state index in [9.17, 15) is 9.90 Å². The highest BCUT2D eigenvalue weighted by Crippen LogP contribution is 2.37. The van der Waals surface area contributed by atoms with Gasteiger partial charge in [0.2, 0.25) is 5.95 Å². The molecule has 200 valence electrons. The molecule has 2 aliphatic heterocycles. The van der Waals surface area contributed by atoms with Crippen LogP contribution in [0.1, 0.15) is 35.7 Å². The molecule has 1 saturated heterocycles. The lowest BCUT2D eigenvalue weighted by molar-refractivity contribution is 0.0350. The Bertz CT molecular complexity index is 1350. The number of anilines is 3. The molecule has 0 spiro atoms. The van der Waals surface area contributed by atoms with Gasteiger partial charge in [-0.3, -0.25) is 4.79 Å². The van der Waals surface area contributed by atoms with Gasteiger partial charge in [-0.15, -0.1) is 0 Å². The predicted molar refractivity (Wildman–Crippen MR) is 145 cm³/mol. The standard InChI is InChI=1S/C27H31ClN6O4/c1-27(15-35)14-31-24-19(27)10-16(13-30-24)21-4-7-29-26(32-21)33-22-12-20(28)18(11-23(22)38-3)25(36)34-8-5-17(37-2)6-9-34/h4,7,10-13,17,35H,5-6,8-9,14-15H2,1-3H3,(H,30,31)(H,29,32,33). The number of aliphatic hydroxyl groups is 1. The first-order valence-electron chi connectivity index (χ1n) is 12.5. The van der Waals surface area contributed by atoms with E-state index in [-0.39, 0.29) is 18.6 Å². The van der Waals surface area contributed by atoms with E-state index >= 15 is 0 Å². The number of benzene rings is 1. The van der Waals surface area contributed by atoms with Gasteiger partial charge in [-0.2, -0.15) is 0 Å². The van der Waals surface area contributed by atoms with Crippen LogP contribution in [0.25, 0.3) is 11.3 Å². The lowest BCUT2D eigenvalue weighted by atomic mass is 9.85. The third-order valence-corrected chi connectivity index (χ3v) is 7.63. The molecule has 0 aliphatic carbocycles. The lowest BCUT2D eigenvalue weighted by Gasteiger charge is -2.31. The molecule has 5 rings (SSSR count). The maximum absolute atomic E-state index is 13.2. The zero-order chi connectivity index (χ0) is 26.9. The summed E-state index contributed by atoms with van der Waals surface area (Å²) in [6.07, 6.45) is 5.15. The largest absolute Gasteiger partial charge is 0.495 e. The van der Waals surface area contributed by atoms with Crippen LogP contribution in [-0.4, -0.2) is 77.4 Å². The Balaban J connectivity index is 1.38. The zero-order valence-corrected chi connectivity index (χ0v) is 22.4. The summed E-state index contributed by atoms with van der Waals surface area (Å²) in [5, 5.41) is 16.6. The van der Waals surface area contributed by atoms with Gasteiger partial charge >= 0.3 is 0 Å². The highest BCUT2D eigenvalue weighted by atomic mass is 35.5. The van der Waals surface area contributed by atoms with E-state index in [4.69, 9.17) is 21.1 Å². The van der Waals surface area contributed by atoms with Gasteiger partial charge < -0.3 is 30.1 Å². The molecule has 3 aromatic rings. The first-order chi connectivity index (χ1) is 18.3. The van der Waals surface area contributed by atoms with E-state index < -0.39 is 5.41 Å². The van der Waals surface area contributed by atoms with E-state index in [0.717, 1.165) is 29.8 Å². The van der Waals surface area contributed by atoms with Crippen molar-refractivity contribution in [2.45, 2.75) is 31.3 Å². The number of piperidine rings is 1. The molecule has 3 N–H and O–H groups in total. The summed E-state index contributed by atoms with van der Waals surface area (Å²) in [7, 11) is 3.23. The summed E-state index contributed by atoms with van der Waals surface area (Å²) >= 11 is 6.57. The van der Waals surface area contributed by atoms with Gasteiger partial charge in [-0.05, 0) is 37.1 Å². The molecule has 10 nitrogen and oxygen atoms in total. The van der Waals surface area contributed by atoms with E-state index in [1.807, 2.05) is 13.0 Å². The van der Waals surface area contributed by atoms with Crippen LogP contribution in [0.5, 0.6) is 5.75 Å². The number of nitrogens with one attached hydrogen (secondary N) is 2. The van der Waals surface area contributed by atoms with Gasteiger partial charge in [0.1, 0.15) is 11.6 Å². The molecule has 38 heavy (non-hydrogen) atoms. The smallest absolute Gasteiger partial charge is 0.255 e. The van der Waals surface area contributed by atoms with Gasteiger partial charge in [0.25, 0.3) is 5.91 Å². The molecule has 0 bridgehead atoms. The minimum Gasteiger partial charge on any atom is -0.495 e. The monoisotopic (exact) mass is 538 g/mol. The number of aromatic nitrogens is 3. The summed E-state index contributed by atoms with van der Waals surface area (Å²) in [6.45, 7) is 3.86. The van der Waals surface area contributed by atoms with E-state index in [2.05, 4.69) is 25.6 Å². The van der Waals surface area contributed by atoms with Crippen LogP contribution in [0, 0.1) is 0 Å². The Morgan fingerprint density at radius 3 is 2.76 bits per heavy atom. The number of methoxy groups -OCH3 is 2. The Kier molecular flexibility index (Phi) is 7.38. The first-order valence-corrected chi connectivity index (χ1v) is 12.9. The van der Waals surface area contributed by atoms with Crippen molar-refractivity contribution in [3.05, 3.63) is 52.8 Å². The van der Waals surface area contributed by atoms with Crippen molar-refractivity contribution in [2.24, 2.45) is 0 Å². The quantitative estimate of drug-likeness (QED) is 0.411. The van der Waals surface area contributed by atoms with Crippen molar-refractivity contribution in [1.82, 2.24) is 19.9 Å². The molecule has 1 fully saturated rings. The van der Waals surface area contributed by atoms with Gasteiger partial charge in [0.15, 0.2) is 0 Å². The molecule has 1 amide bonds. The Hall–Kier alpha value is -3.47. The fourth-order valence-electron chi connectivity index (χ4n) is 4.87. The third kappa shape index (κ3) is 4.99. The maximum atomic E-state index is 13.2. The number of nitrogens with zero attached hydrogens (tertiary/aromatic N) is 4. The van der Waals surface area contributed by atoms with Crippen molar-refractivity contribution >= 4 is 35.0 Å². The van der Waals surface area contributed by atoms with Crippen molar-refractivity contribution < 1.29 is 19.4 Å². The Morgan fingerprint density at radius 1 is 1.26 bits per heavy atom. The molecule has 2 aromatic heterocycles. The van der Waals surface area contributed by atoms with Crippen molar-refractivity contribution in [3.8, 4) is 17.0 Å². The molecule has 0 radical (unpaired) electrons. The van der Waals surface area contributed by atoms with Gasteiger partial charge in [0.05, 0.1) is 41.8 Å². The molecular weight excluding hydrogens is 508 g/mol. The predicted octanol–water partition coefficient (Wildman–Crippen LogP) is 3.87. The number of carbonyl (C=O) groups is 1. The molecule has 11 heteroatoms. The number of aliphatic hydroxyl groups excluding tert-OH is 1. The highest BCUT2D eigenvalue weighted by Gasteiger charge is 2.35. The number of ether oxygens (including phenoxy) is 2. The summed E-state index contributed by atoms with van der Waals surface area (Å²) in [6, 6.07) is 7.09. The van der Waals surface area contributed by atoms with Gasteiger partial charge in [0, 0.05) is 55.7 Å². The maximum Gasteiger partial charge on any atom is 0.255 e. The van der Waals surface area contributed by atoms with Crippen molar-refractivity contribution in [1.29, 1.82) is 0 Å². The number of pyridine rings is 1. The summed E-state index contributed by atoms with van der Waals surface area (Å²) in [5.41, 5.74) is 2.93. The molecule has 1 aromatic carbocycles. The molecule has 2 aliphatic rings. The molecule has 0 saturated carbocycles. The fourth-order valence-corrected chi connectivity index (χ4v) is 5.11. The second-order valence-electron chi connectivity index (χ2n) is 9.84. The number of fused-ring (bicyclic) bond motifs is 1. The van der Waals surface area contributed by atoms with E-state index in [1.165, 1.54) is 7.11 Å². The normalized spacial score (nSPS) is 19.1. The summed E-state index contributed by atoms with van der Waals surface area (Å²) in [4.78, 5) is 28.5. The summed E-state index contributed by atoms with van der Waals surface area (Å²) in [5.74, 6) is 1.42. The number of likely N-dealkylation sites (tertiary alicyclic amines) is 1. The van der Waals surface area contributed by atoms with Gasteiger partial charge in [-0.25, -0.2) is 15.0 Å². The highest BCUT2D eigenvalue weighted by molar-refractivity contribution is 6.34. The molecular formula is C27H31ClN6O4. The number of hydrogen-bond acceptors (Lipinski definition) is 9. The lowest BCUT2D eigenvalue weighted by Crippen LogP contribution is -2.40. The average Bonchev–Trinajstić information content (AvgIpc) is 3.29. The number of rotatable bonds is 7. The Morgan fingerprint density at radius 2 is 2.05 bits per heavy atom. The SMILES string of the molecule is COc1cc(C(=O)N2CCC(OC)CC2)c(Cl)cc1Nc1nccc(-c2cnc3c(c2)C(C)(CO)CN3)n1. The van der Waals surface area contributed by atoms with Crippen LogP contribution >= 0.6 is 11.6 Å². The van der Waals surface area contributed by atoms with Crippen LogP contribution < -0.4 is 15.4 Å². The van der Waals surface area contributed by atoms with E-state index in [1.54, 1.807) is 42.6 Å². The van der Waals surface area contributed by atoms with Crippen LogP contribution in [0.2, 0.25) is 5.02 Å². The fraction of sp³-hybridized carbons (Fsp3) is 0.407. The second kappa shape index (κ2) is 10.7. The second-order valence-corrected chi connectivity index (χ2v) is 10.2. The minimum atomic E-state index is -0.407. The van der Waals surface area contributed by atoms with Gasteiger partial charge in [-0.1, -0.05) is 18.5 Å².